The molecule has 0 spiro atoms. The van der Waals surface area contributed by atoms with Crippen molar-refractivity contribution in [1.29, 1.82) is 0 Å². The molecule has 0 radical (unpaired) electrons. The fourth-order valence-corrected chi connectivity index (χ4v) is 3.84. The molecule has 0 unspecified atom stereocenters. The Kier molecular flexibility index (Phi) is 2.64. The van der Waals surface area contributed by atoms with Crippen molar-refractivity contribution < 1.29 is 21.5 Å². The van der Waals surface area contributed by atoms with E-state index in [1.807, 2.05) is 24.3 Å². The van der Waals surface area contributed by atoms with Crippen molar-refractivity contribution in [2.45, 2.75) is 0 Å². The van der Waals surface area contributed by atoms with Crippen molar-refractivity contribution >= 4 is 27.2 Å². The van der Waals surface area contributed by atoms with Gasteiger partial charge in [0, 0.05) is 0 Å². The summed E-state index contributed by atoms with van der Waals surface area (Å²) in [5.41, 5.74) is 7.11. The second-order valence-electron chi connectivity index (χ2n) is 3.93. The molecule has 3 aromatic carbocycles. The van der Waals surface area contributed by atoms with Crippen molar-refractivity contribution in [2.24, 2.45) is 3.95 Å². The number of rotatable bonds is 1. The van der Waals surface area contributed by atoms with E-state index in [9.17, 15) is 0 Å². The number of halogens is 1. The van der Waals surface area contributed by atoms with Gasteiger partial charge in [-0.2, -0.15) is 0 Å². The number of hydrogen-bond acceptors (Lipinski definition) is 2. The van der Waals surface area contributed by atoms with E-state index in [1.165, 1.54) is 14.3 Å². The van der Waals surface area contributed by atoms with Crippen LogP contribution in [0.3, 0.4) is 0 Å². The zero-order chi connectivity index (χ0) is 11.8. The molecule has 0 aliphatic heterocycles. The Morgan fingerprint density at radius 1 is 0.706 bits per heavy atom. The number of fused-ring (bicyclic) bond motifs is 2. The second kappa shape index (κ2) is 4.16. The Bertz CT molecular complexity index is 650. The number of benzene rings is 3. The predicted molar refractivity (Wildman–Crippen MR) is 68.8 cm³/mol. The standard InChI is InChI=1S/C14H12IN2/c16-14-11-7-3-1-5-9(11)13(15-17)10-6-2-4-8-12(10)14/h1-8H,16-17H2/q-1. The van der Waals surface area contributed by atoms with Crippen molar-refractivity contribution in [3.8, 4) is 0 Å². The van der Waals surface area contributed by atoms with Crippen molar-refractivity contribution in [3.05, 3.63) is 52.1 Å². The van der Waals surface area contributed by atoms with Gasteiger partial charge in [0.2, 0.25) is 0 Å². The number of nitrogen functional groups attached to an aromatic ring is 1. The van der Waals surface area contributed by atoms with Crippen LogP contribution < -0.4 is 31.2 Å². The van der Waals surface area contributed by atoms with Gasteiger partial charge < -0.3 is 0 Å². The zero-order valence-electron chi connectivity index (χ0n) is 9.15. The van der Waals surface area contributed by atoms with Crippen molar-refractivity contribution in [1.82, 2.24) is 0 Å². The molecule has 0 saturated heterocycles. The van der Waals surface area contributed by atoms with Crippen LogP contribution >= 0.6 is 0 Å². The average molecular weight is 335 g/mol. The summed E-state index contributed by atoms with van der Waals surface area (Å²) < 4.78 is 7.28. The molecule has 0 aliphatic carbocycles. The first kappa shape index (κ1) is 10.8. The van der Waals surface area contributed by atoms with Crippen LogP contribution in [0, 0.1) is 3.57 Å². The topological polar surface area (TPSA) is 52.0 Å². The molecule has 0 aliphatic rings. The first-order valence-electron chi connectivity index (χ1n) is 5.35. The third-order valence-corrected chi connectivity index (χ3v) is 4.80. The van der Waals surface area contributed by atoms with Crippen LogP contribution in [0.1, 0.15) is 0 Å². The summed E-state index contributed by atoms with van der Waals surface area (Å²) in [7, 11) is 0. The molecule has 0 heterocycles. The van der Waals surface area contributed by atoms with Gasteiger partial charge in [0.15, 0.2) is 0 Å². The Morgan fingerprint density at radius 2 is 1.12 bits per heavy atom. The molecule has 0 saturated carbocycles. The Morgan fingerprint density at radius 3 is 1.53 bits per heavy atom. The van der Waals surface area contributed by atoms with Gasteiger partial charge in [0.25, 0.3) is 0 Å². The number of nitrogens with two attached hydrogens (primary N) is 2. The minimum atomic E-state index is -0.463. The van der Waals surface area contributed by atoms with Crippen LogP contribution in [0.25, 0.3) is 21.5 Å². The normalized spacial score (nSPS) is 11.4. The molecule has 17 heavy (non-hydrogen) atoms. The van der Waals surface area contributed by atoms with Crippen LogP contribution in [-0.2, 0) is 0 Å². The van der Waals surface area contributed by atoms with Crippen molar-refractivity contribution in [3.63, 3.8) is 0 Å². The molecule has 0 fully saturated rings. The Labute approximate surface area is 110 Å². The van der Waals surface area contributed by atoms with Crippen LogP contribution in [0.15, 0.2) is 48.5 Å². The SMILES string of the molecule is N[I-]c1c2ccccc2c(N)c2ccccc12. The molecule has 0 atom stereocenters. The monoisotopic (exact) mass is 335 g/mol. The van der Waals surface area contributed by atoms with Crippen LogP contribution in [0.2, 0.25) is 0 Å². The summed E-state index contributed by atoms with van der Waals surface area (Å²) in [6.45, 7) is 0. The Balaban J connectivity index is 2.63. The van der Waals surface area contributed by atoms with Crippen LogP contribution in [0.5, 0.6) is 0 Å². The van der Waals surface area contributed by atoms with Crippen LogP contribution in [0.4, 0.5) is 5.69 Å². The molecule has 3 aromatic rings. The van der Waals surface area contributed by atoms with Gasteiger partial charge in [0.1, 0.15) is 0 Å². The first-order valence-corrected chi connectivity index (χ1v) is 7.67. The summed E-state index contributed by atoms with van der Waals surface area (Å²) in [4.78, 5) is 0. The predicted octanol–water partition coefficient (Wildman–Crippen LogP) is -0.292. The summed E-state index contributed by atoms with van der Waals surface area (Å²) >= 11 is -0.463. The zero-order valence-corrected chi connectivity index (χ0v) is 11.3. The quantitative estimate of drug-likeness (QED) is 0.278. The Hall–Kier alpha value is -1.33. The van der Waals surface area contributed by atoms with Gasteiger partial charge in [-0.1, -0.05) is 0 Å². The molecule has 3 heteroatoms. The molecular formula is C14H12IN2-. The third kappa shape index (κ3) is 1.57. The summed E-state index contributed by atoms with van der Waals surface area (Å²) in [6, 6.07) is 16.5. The average Bonchev–Trinajstić information content (AvgIpc) is 2.40. The second-order valence-corrected chi connectivity index (χ2v) is 5.63. The third-order valence-electron chi connectivity index (χ3n) is 3.02. The number of hydrogen-bond donors (Lipinski definition) is 2. The molecular weight excluding hydrogens is 323 g/mol. The molecule has 86 valence electrons. The van der Waals surface area contributed by atoms with Crippen molar-refractivity contribution in [2.75, 3.05) is 5.73 Å². The first-order chi connectivity index (χ1) is 8.33. The van der Waals surface area contributed by atoms with Gasteiger partial charge in [-0.15, -0.1) is 0 Å². The maximum absolute atomic E-state index is 6.25. The summed E-state index contributed by atoms with van der Waals surface area (Å²) in [5.74, 6) is 0. The minimum absolute atomic E-state index is 0.463. The summed E-state index contributed by atoms with van der Waals surface area (Å²) in [5, 5.41) is 4.65. The van der Waals surface area contributed by atoms with E-state index in [0.29, 0.717) is 0 Å². The van der Waals surface area contributed by atoms with E-state index in [-0.39, 0.29) is 0 Å². The van der Waals surface area contributed by atoms with Crippen LogP contribution in [-0.4, -0.2) is 0 Å². The molecule has 0 amide bonds. The van der Waals surface area contributed by atoms with Gasteiger partial charge in [-0.3, -0.25) is 0 Å². The fourth-order valence-electron chi connectivity index (χ4n) is 2.23. The van der Waals surface area contributed by atoms with Gasteiger partial charge in [0.05, 0.1) is 0 Å². The van der Waals surface area contributed by atoms with E-state index in [1.54, 1.807) is 0 Å². The molecule has 2 nitrogen and oxygen atoms in total. The maximum atomic E-state index is 6.25. The number of anilines is 1. The van der Waals surface area contributed by atoms with E-state index in [2.05, 4.69) is 24.3 Å². The fraction of sp³-hybridized carbons (Fsp3) is 0. The van der Waals surface area contributed by atoms with E-state index in [0.717, 1.165) is 16.5 Å². The summed E-state index contributed by atoms with van der Waals surface area (Å²) in [6.07, 6.45) is 0. The van der Waals surface area contributed by atoms with Gasteiger partial charge in [-0.25, -0.2) is 0 Å². The van der Waals surface area contributed by atoms with E-state index >= 15 is 0 Å². The molecule has 3 rings (SSSR count). The van der Waals surface area contributed by atoms with E-state index < -0.39 is 21.5 Å². The molecule has 4 N–H and O–H groups in total. The van der Waals surface area contributed by atoms with E-state index in [4.69, 9.17) is 9.68 Å². The molecule has 0 bridgehead atoms. The van der Waals surface area contributed by atoms with Gasteiger partial charge >= 0.3 is 110 Å². The van der Waals surface area contributed by atoms with Gasteiger partial charge in [-0.05, 0) is 0 Å². The molecule has 0 aromatic heterocycles.